The van der Waals surface area contributed by atoms with Crippen LogP contribution < -0.4 is 5.32 Å². The van der Waals surface area contributed by atoms with Gasteiger partial charge < -0.3 is 9.73 Å². The molecule has 9 heteroatoms. The normalized spacial score (nSPS) is 10.3. The van der Waals surface area contributed by atoms with Gasteiger partial charge in [0.15, 0.2) is 0 Å². The van der Waals surface area contributed by atoms with Crippen LogP contribution in [0.1, 0.15) is 10.6 Å². The highest BCUT2D eigenvalue weighted by atomic mass is 16.4. The average molecular weight is 257 g/mol. The molecule has 9 nitrogen and oxygen atoms in total. The zero-order valence-electron chi connectivity index (χ0n) is 9.44. The van der Waals surface area contributed by atoms with Crippen molar-refractivity contribution in [2.45, 2.75) is 0 Å². The number of aromatic amines is 1. The zero-order chi connectivity index (χ0) is 13.1. The van der Waals surface area contributed by atoms with Gasteiger partial charge in [-0.3, -0.25) is 4.79 Å². The van der Waals surface area contributed by atoms with Gasteiger partial charge in [-0.2, -0.15) is 5.21 Å². The molecule has 2 aromatic heterocycles. The molecule has 0 bridgehead atoms. The second-order valence-corrected chi connectivity index (χ2v) is 3.51. The summed E-state index contributed by atoms with van der Waals surface area (Å²) in [5, 5.41) is 22.7. The third kappa shape index (κ3) is 2.29. The molecule has 3 rings (SSSR count). The Morgan fingerprint density at radius 1 is 1.32 bits per heavy atom. The number of tetrazole rings is 1. The van der Waals surface area contributed by atoms with E-state index in [1.807, 2.05) is 0 Å². The van der Waals surface area contributed by atoms with E-state index in [2.05, 4.69) is 36.1 Å². The Kier molecular flexibility index (Phi) is 2.69. The van der Waals surface area contributed by atoms with Crippen molar-refractivity contribution in [2.75, 3.05) is 5.32 Å². The van der Waals surface area contributed by atoms with Crippen molar-refractivity contribution in [2.24, 2.45) is 0 Å². The molecule has 1 aromatic carbocycles. The molecular weight excluding hydrogens is 250 g/mol. The van der Waals surface area contributed by atoms with Gasteiger partial charge in [-0.05, 0) is 23.4 Å². The molecule has 2 N–H and O–H groups in total. The van der Waals surface area contributed by atoms with Crippen LogP contribution in [0.15, 0.2) is 35.1 Å². The molecule has 0 saturated carbocycles. The molecule has 0 unspecified atom stereocenters. The third-order valence-corrected chi connectivity index (χ3v) is 2.28. The Morgan fingerprint density at radius 3 is 3.00 bits per heavy atom. The lowest BCUT2D eigenvalue weighted by Crippen LogP contribution is -2.13. The number of aromatic nitrogens is 6. The van der Waals surface area contributed by atoms with Crippen LogP contribution >= 0.6 is 0 Å². The van der Waals surface area contributed by atoms with Gasteiger partial charge in [0.1, 0.15) is 0 Å². The summed E-state index contributed by atoms with van der Waals surface area (Å²) in [6.45, 7) is 0. The van der Waals surface area contributed by atoms with Crippen LogP contribution in [0.4, 0.5) is 5.69 Å². The Hall–Kier alpha value is -3.10. The molecule has 0 aliphatic carbocycles. The largest absolute Gasteiger partial charge is 0.423 e. The first kappa shape index (κ1) is 11.0. The standard InChI is InChI=1S/C10H7N7O2/c18-9(8-13-16-17-14-8)12-7-3-1-2-6(4-7)10-15-11-5-19-10/h1-5H,(H,12,18)(H,13,14,16,17). The number of hydrogen-bond donors (Lipinski definition) is 2. The Labute approximate surface area is 106 Å². The monoisotopic (exact) mass is 257 g/mol. The number of H-pyrrole nitrogens is 1. The van der Waals surface area contributed by atoms with Gasteiger partial charge in [0.25, 0.3) is 11.7 Å². The number of anilines is 1. The van der Waals surface area contributed by atoms with Crippen LogP contribution in [0.5, 0.6) is 0 Å². The van der Waals surface area contributed by atoms with Crippen LogP contribution in [0.25, 0.3) is 11.5 Å². The number of rotatable bonds is 3. The van der Waals surface area contributed by atoms with Crippen LogP contribution in [-0.4, -0.2) is 36.7 Å². The van der Waals surface area contributed by atoms with E-state index in [1.54, 1.807) is 24.3 Å². The highest BCUT2D eigenvalue weighted by molar-refractivity contribution is 6.01. The fourth-order valence-corrected chi connectivity index (χ4v) is 1.47. The zero-order valence-corrected chi connectivity index (χ0v) is 9.44. The summed E-state index contributed by atoms with van der Waals surface area (Å²) < 4.78 is 5.08. The van der Waals surface area contributed by atoms with E-state index in [-0.39, 0.29) is 5.82 Å². The maximum Gasteiger partial charge on any atom is 0.297 e. The van der Waals surface area contributed by atoms with Gasteiger partial charge in [0.05, 0.1) is 0 Å². The third-order valence-electron chi connectivity index (χ3n) is 2.28. The molecule has 0 atom stereocenters. The molecule has 0 spiro atoms. The van der Waals surface area contributed by atoms with Gasteiger partial charge in [-0.25, -0.2) is 0 Å². The number of hydrogen-bond acceptors (Lipinski definition) is 7. The molecule has 19 heavy (non-hydrogen) atoms. The minimum Gasteiger partial charge on any atom is -0.423 e. The van der Waals surface area contributed by atoms with Crippen molar-refractivity contribution in [3.05, 3.63) is 36.5 Å². The summed E-state index contributed by atoms with van der Waals surface area (Å²) in [6.07, 6.45) is 1.24. The first-order valence-electron chi connectivity index (χ1n) is 5.24. The number of carbonyl (C=O) groups excluding carboxylic acids is 1. The minimum absolute atomic E-state index is 0.0387. The number of nitrogens with zero attached hydrogens (tertiary/aromatic N) is 5. The highest BCUT2D eigenvalue weighted by Gasteiger charge is 2.11. The molecule has 2 heterocycles. The molecule has 0 saturated heterocycles. The first-order valence-corrected chi connectivity index (χ1v) is 5.24. The first-order chi connectivity index (χ1) is 9.33. The Morgan fingerprint density at radius 2 is 2.26 bits per heavy atom. The van der Waals surface area contributed by atoms with Gasteiger partial charge in [-0.15, -0.1) is 20.4 Å². The molecule has 0 aliphatic rings. The van der Waals surface area contributed by atoms with Crippen molar-refractivity contribution in [3.63, 3.8) is 0 Å². The van der Waals surface area contributed by atoms with Gasteiger partial charge in [0.2, 0.25) is 12.3 Å². The minimum atomic E-state index is -0.462. The van der Waals surface area contributed by atoms with Crippen molar-refractivity contribution in [3.8, 4) is 11.5 Å². The molecule has 0 radical (unpaired) electrons. The van der Waals surface area contributed by atoms with E-state index in [4.69, 9.17) is 4.42 Å². The molecule has 0 aliphatic heterocycles. The van der Waals surface area contributed by atoms with Crippen molar-refractivity contribution < 1.29 is 9.21 Å². The number of nitrogens with one attached hydrogen (secondary N) is 2. The maximum atomic E-state index is 11.7. The van der Waals surface area contributed by atoms with E-state index in [9.17, 15) is 4.79 Å². The summed E-state index contributed by atoms with van der Waals surface area (Å²) >= 11 is 0. The summed E-state index contributed by atoms with van der Waals surface area (Å²) in [5.41, 5.74) is 1.26. The van der Waals surface area contributed by atoms with Crippen molar-refractivity contribution in [1.29, 1.82) is 0 Å². The smallest absolute Gasteiger partial charge is 0.297 e. The fourth-order valence-electron chi connectivity index (χ4n) is 1.47. The van der Waals surface area contributed by atoms with Crippen molar-refractivity contribution >= 4 is 11.6 Å². The number of carbonyl (C=O) groups is 1. The van der Waals surface area contributed by atoms with Gasteiger partial charge >= 0.3 is 0 Å². The fraction of sp³-hybridized carbons (Fsp3) is 0. The molecule has 1 amide bonds. The van der Waals surface area contributed by atoms with Crippen LogP contribution in [0, 0.1) is 0 Å². The second kappa shape index (κ2) is 4.64. The average Bonchev–Trinajstić information content (AvgIpc) is 3.13. The predicted octanol–water partition coefficient (Wildman–Crippen LogP) is 0.502. The van der Waals surface area contributed by atoms with Crippen molar-refractivity contribution in [1.82, 2.24) is 30.8 Å². The van der Waals surface area contributed by atoms with Gasteiger partial charge in [0, 0.05) is 11.3 Å². The summed E-state index contributed by atoms with van der Waals surface area (Å²) in [5.74, 6) is -0.129. The SMILES string of the molecule is O=C(Nc1cccc(-c2nnco2)c1)c1nn[nH]n1. The summed E-state index contributed by atoms with van der Waals surface area (Å²) in [6, 6.07) is 6.96. The lowest BCUT2D eigenvalue weighted by molar-refractivity contribution is 0.101. The number of amides is 1. The highest BCUT2D eigenvalue weighted by Crippen LogP contribution is 2.20. The molecule has 94 valence electrons. The quantitative estimate of drug-likeness (QED) is 0.700. The molecular formula is C10H7N7O2. The summed E-state index contributed by atoms with van der Waals surface area (Å²) in [4.78, 5) is 11.7. The van der Waals surface area contributed by atoms with E-state index in [0.29, 0.717) is 17.1 Å². The van der Waals surface area contributed by atoms with Gasteiger partial charge in [-0.1, -0.05) is 6.07 Å². The summed E-state index contributed by atoms with van der Waals surface area (Å²) in [7, 11) is 0. The second-order valence-electron chi connectivity index (χ2n) is 3.51. The lowest BCUT2D eigenvalue weighted by Gasteiger charge is -2.03. The van der Waals surface area contributed by atoms with E-state index >= 15 is 0 Å². The molecule has 3 aromatic rings. The topological polar surface area (TPSA) is 122 Å². The lowest BCUT2D eigenvalue weighted by atomic mass is 10.2. The van der Waals surface area contributed by atoms with E-state index in [1.165, 1.54) is 6.39 Å². The molecule has 0 fully saturated rings. The Bertz CT molecular complexity index is 678. The van der Waals surface area contributed by atoms with Crippen LogP contribution in [0.2, 0.25) is 0 Å². The van der Waals surface area contributed by atoms with E-state index in [0.717, 1.165) is 0 Å². The predicted molar refractivity (Wildman–Crippen MR) is 61.9 cm³/mol. The Balaban J connectivity index is 1.82. The van der Waals surface area contributed by atoms with Crippen LogP contribution in [-0.2, 0) is 0 Å². The maximum absolute atomic E-state index is 11.7. The van der Waals surface area contributed by atoms with E-state index < -0.39 is 5.91 Å². The number of benzene rings is 1. The van der Waals surface area contributed by atoms with Crippen LogP contribution in [0.3, 0.4) is 0 Å².